The Kier molecular flexibility index (Phi) is 7.92. The third-order valence-electron chi connectivity index (χ3n) is 5.36. The SMILES string of the molecule is COc1c(CO)cc(C(F)(F)F)cc1NC(=O)N[C@H]1CC[C@H](OCc2ccncc2)CC1. The van der Waals surface area contributed by atoms with Crippen LogP contribution in [0.25, 0.3) is 0 Å². The highest BCUT2D eigenvalue weighted by atomic mass is 19.4. The number of aliphatic hydroxyl groups excluding tert-OH is 1. The molecule has 2 amide bonds. The summed E-state index contributed by atoms with van der Waals surface area (Å²) < 4.78 is 50.5. The fraction of sp³-hybridized carbons (Fsp3) is 0.455. The van der Waals surface area contributed by atoms with Gasteiger partial charge in [-0.05, 0) is 55.5 Å². The van der Waals surface area contributed by atoms with Gasteiger partial charge in [0, 0.05) is 24.0 Å². The number of urea groups is 1. The number of carbonyl (C=O) groups excluding carboxylic acids is 1. The maximum absolute atomic E-state index is 13.2. The molecule has 0 radical (unpaired) electrons. The lowest BCUT2D eigenvalue weighted by molar-refractivity contribution is -0.137. The van der Waals surface area contributed by atoms with Crippen molar-refractivity contribution in [2.45, 2.75) is 57.2 Å². The minimum Gasteiger partial charge on any atom is -0.494 e. The van der Waals surface area contributed by atoms with E-state index in [1.807, 2.05) is 12.1 Å². The molecule has 1 saturated carbocycles. The first kappa shape index (κ1) is 23.8. The van der Waals surface area contributed by atoms with Crippen LogP contribution < -0.4 is 15.4 Å². The van der Waals surface area contributed by atoms with E-state index in [1.165, 1.54) is 7.11 Å². The van der Waals surface area contributed by atoms with E-state index in [-0.39, 0.29) is 29.1 Å². The molecule has 1 aliphatic carbocycles. The van der Waals surface area contributed by atoms with E-state index in [1.54, 1.807) is 12.4 Å². The molecule has 1 heterocycles. The van der Waals surface area contributed by atoms with Crippen LogP contribution in [0, 0.1) is 0 Å². The number of hydrogen-bond acceptors (Lipinski definition) is 5. The quantitative estimate of drug-likeness (QED) is 0.583. The summed E-state index contributed by atoms with van der Waals surface area (Å²) in [4.78, 5) is 16.4. The number of anilines is 1. The molecule has 10 heteroatoms. The van der Waals surface area contributed by atoms with Gasteiger partial charge in [-0.1, -0.05) is 0 Å². The Morgan fingerprint density at radius 2 is 1.88 bits per heavy atom. The highest BCUT2D eigenvalue weighted by Crippen LogP contribution is 2.38. The van der Waals surface area contributed by atoms with E-state index in [2.05, 4.69) is 15.6 Å². The molecular weight excluding hydrogens is 427 g/mol. The first-order valence-electron chi connectivity index (χ1n) is 10.3. The van der Waals surface area contributed by atoms with Crippen molar-refractivity contribution < 1.29 is 32.5 Å². The van der Waals surface area contributed by atoms with Crippen LogP contribution >= 0.6 is 0 Å². The van der Waals surface area contributed by atoms with E-state index in [9.17, 15) is 23.1 Å². The van der Waals surface area contributed by atoms with Crippen LogP contribution in [0.2, 0.25) is 0 Å². The van der Waals surface area contributed by atoms with Crippen molar-refractivity contribution in [1.29, 1.82) is 0 Å². The van der Waals surface area contributed by atoms with E-state index >= 15 is 0 Å². The Morgan fingerprint density at radius 3 is 2.47 bits per heavy atom. The predicted octanol–water partition coefficient (Wildman–Crippen LogP) is 4.25. The van der Waals surface area contributed by atoms with E-state index in [4.69, 9.17) is 9.47 Å². The van der Waals surface area contributed by atoms with Gasteiger partial charge in [-0.3, -0.25) is 4.98 Å². The van der Waals surface area contributed by atoms with Crippen LogP contribution in [0.15, 0.2) is 36.7 Å². The van der Waals surface area contributed by atoms with E-state index in [0.29, 0.717) is 19.4 Å². The molecule has 0 bridgehead atoms. The molecule has 7 nitrogen and oxygen atoms in total. The van der Waals surface area contributed by atoms with E-state index < -0.39 is 24.4 Å². The Bertz CT molecular complexity index is 901. The molecule has 174 valence electrons. The average molecular weight is 453 g/mol. The summed E-state index contributed by atoms with van der Waals surface area (Å²) in [6.45, 7) is -0.165. The summed E-state index contributed by atoms with van der Waals surface area (Å²) in [5.74, 6) is -0.0103. The van der Waals surface area contributed by atoms with Crippen LogP contribution in [-0.4, -0.2) is 35.4 Å². The minimum atomic E-state index is -4.63. The molecule has 1 aliphatic rings. The highest BCUT2D eigenvalue weighted by molar-refractivity contribution is 5.91. The van der Waals surface area contributed by atoms with Crippen molar-refractivity contribution in [2.24, 2.45) is 0 Å². The molecule has 1 aromatic carbocycles. The minimum absolute atomic E-state index is 0.0103. The zero-order valence-corrected chi connectivity index (χ0v) is 17.6. The average Bonchev–Trinajstić information content (AvgIpc) is 2.78. The summed E-state index contributed by atoms with van der Waals surface area (Å²) in [6.07, 6.45) is 1.78. The van der Waals surface area contributed by atoms with Gasteiger partial charge in [0.2, 0.25) is 0 Å². The highest BCUT2D eigenvalue weighted by Gasteiger charge is 2.33. The van der Waals surface area contributed by atoms with Crippen LogP contribution in [0.4, 0.5) is 23.7 Å². The molecule has 3 rings (SSSR count). The molecule has 32 heavy (non-hydrogen) atoms. The summed E-state index contributed by atoms with van der Waals surface area (Å²) in [5.41, 5.74) is -0.163. The lowest BCUT2D eigenvalue weighted by Gasteiger charge is -2.29. The number of hydrogen-bond donors (Lipinski definition) is 3. The number of alkyl halides is 3. The Balaban J connectivity index is 1.55. The number of ether oxygens (including phenoxy) is 2. The zero-order chi connectivity index (χ0) is 23.1. The summed E-state index contributed by atoms with van der Waals surface area (Å²) in [5, 5.41) is 14.6. The van der Waals surface area contributed by atoms with Crippen LogP contribution in [-0.2, 0) is 24.1 Å². The fourth-order valence-corrected chi connectivity index (χ4v) is 3.71. The molecule has 1 aromatic heterocycles. The van der Waals surface area contributed by atoms with Crippen molar-refractivity contribution in [1.82, 2.24) is 10.3 Å². The van der Waals surface area contributed by atoms with Crippen molar-refractivity contribution in [3.8, 4) is 5.75 Å². The summed E-state index contributed by atoms with van der Waals surface area (Å²) >= 11 is 0. The van der Waals surface area contributed by atoms with Gasteiger partial charge in [-0.15, -0.1) is 0 Å². The fourth-order valence-electron chi connectivity index (χ4n) is 3.71. The van der Waals surface area contributed by atoms with Gasteiger partial charge in [0.1, 0.15) is 5.75 Å². The number of benzene rings is 1. The lowest BCUT2D eigenvalue weighted by atomic mass is 9.93. The van der Waals surface area contributed by atoms with E-state index in [0.717, 1.165) is 30.5 Å². The lowest BCUT2D eigenvalue weighted by Crippen LogP contribution is -2.41. The predicted molar refractivity (Wildman–Crippen MR) is 111 cm³/mol. The number of aliphatic hydroxyl groups is 1. The second kappa shape index (κ2) is 10.6. The van der Waals surface area contributed by atoms with Gasteiger partial charge in [-0.25, -0.2) is 4.79 Å². The number of methoxy groups -OCH3 is 1. The molecule has 3 N–H and O–H groups in total. The van der Waals surface area contributed by atoms with Gasteiger partial charge in [0.15, 0.2) is 0 Å². The number of aromatic nitrogens is 1. The standard InChI is InChI=1S/C22H26F3N3O4/c1-31-20-15(12-29)10-16(22(23,24)25)11-19(20)28-21(30)27-17-2-4-18(5-3-17)32-13-14-6-8-26-9-7-14/h6-11,17-18,29H,2-5,12-13H2,1H3,(H2,27,28,30)/t17-,18-. The number of nitrogens with zero attached hydrogens (tertiary/aromatic N) is 1. The summed E-state index contributed by atoms with van der Waals surface area (Å²) in [6, 6.07) is 4.62. The smallest absolute Gasteiger partial charge is 0.416 e. The van der Waals surface area contributed by atoms with Crippen molar-refractivity contribution in [2.75, 3.05) is 12.4 Å². The molecule has 0 aliphatic heterocycles. The topological polar surface area (TPSA) is 92.7 Å². The number of halogens is 3. The Hall–Kier alpha value is -2.85. The Labute approximate surface area is 183 Å². The van der Waals surface area contributed by atoms with Crippen molar-refractivity contribution in [3.05, 3.63) is 53.3 Å². The molecule has 0 atom stereocenters. The van der Waals surface area contributed by atoms with Crippen molar-refractivity contribution in [3.63, 3.8) is 0 Å². The monoisotopic (exact) mass is 453 g/mol. The van der Waals surface area contributed by atoms with Crippen LogP contribution in [0.1, 0.15) is 42.4 Å². The van der Waals surface area contributed by atoms with Gasteiger partial charge >= 0.3 is 12.2 Å². The maximum atomic E-state index is 13.2. The van der Waals surface area contributed by atoms with Gasteiger partial charge in [0.05, 0.1) is 37.7 Å². The first-order chi connectivity index (χ1) is 15.3. The molecule has 2 aromatic rings. The number of amides is 2. The van der Waals surface area contributed by atoms with Gasteiger partial charge in [-0.2, -0.15) is 13.2 Å². The van der Waals surface area contributed by atoms with Crippen molar-refractivity contribution >= 4 is 11.7 Å². The number of nitrogens with one attached hydrogen (secondary N) is 2. The molecule has 0 unspecified atom stereocenters. The molecule has 1 fully saturated rings. The molecule has 0 saturated heterocycles. The van der Waals surface area contributed by atoms with Gasteiger partial charge < -0.3 is 25.2 Å². The Morgan fingerprint density at radius 1 is 1.19 bits per heavy atom. The third kappa shape index (κ3) is 6.33. The summed E-state index contributed by atoms with van der Waals surface area (Å²) in [7, 11) is 1.26. The second-order valence-electron chi connectivity index (χ2n) is 7.61. The third-order valence-corrected chi connectivity index (χ3v) is 5.36. The number of rotatable bonds is 7. The number of pyridine rings is 1. The van der Waals surface area contributed by atoms with Gasteiger partial charge in [0.25, 0.3) is 0 Å². The normalized spacial score (nSPS) is 18.8. The van der Waals surface area contributed by atoms with Crippen LogP contribution in [0.5, 0.6) is 5.75 Å². The maximum Gasteiger partial charge on any atom is 0.416 e. The van der Waals surface area contributed by atoms with Crippen LogP contribution in [0.3, 0.4) is 0 Å². The first-order valence-corrected chi connectivity index (χ1v) is 10.3. The second-order valence-corrected chi connectivity index (χ2v) is 7.61. The molecule has 0 spiro atoms. The zero-order valence-electron chi connectivity index (χ0n) is 17.6. The number of carbonyl (C=O) groups is 1. The largest absolute Gasteiger partial charge is 0.494 e. The molecular formula is C22H26F3N3O4.